The standard InChI is InChI=1S/C3H7NO2.Re/c1-4-3(5)6-2;/h1-2H3,(H,4,5);/p-1. The zero-order chi connectivity index (χ0) is 4.99. The Kier molecular flexibility index (Phi) is 8.50. The summed E-state index contributed by atoms with van der Waals surface area (Å²) in [5.74, 6) is 0. The molecule has 0 N–H and O–H groups in total. The minimum Gasteiger partial charge on any atom is -0.620 e. The number of hydrogen-bond acceptors (Lipinski definition) is 2. The number of amides is 1. The summed E-state index contributed by atoms with van der Waals surface area (Å²) >= 11 is 0. The number of rotatable bonds is 0. The van der Waals surface area contributed by atoms with Crippen LogP contribution in [0.2, 0.25) is 0 Å². The van der Waals surface area contributed by atoms with Crippen molar-refractivity contribution in [3.05, 3.63) is 5.32 Å². The molecule has 0 aliphatic heterocycles. The molecular weight excluding hydrogens is 268 g/mol. The first-order valence-electron chi connectivity index (χ1n) is 1.49. The molecule has 0 aromatic heterocycles. The fraction of sp³-hybridized carbons (Fsp3) is 0.667. The normalized spacial score (nSPS) is 6.00. The largest absolute Gasteiger partial charge is 0.620 e. The van der Waals surface area contributed by atoms with Crippen LogP contribution in [0.3, 0.4) is 0 Å². The van der Waals surface area contributed by atoms with Crippen molar-refractivity contribution < 1.29 is 30.0 Å². The second kappa shape index (κ2) is 5.93. The molecule has 0 heterocycles. The summed E-state index contributed by atoms with van der Waals surface area (Å²) in [4.78, 5) is 9.79. The Bertz CT molecular complexity index is 50.9. The van der Waals surface area contributed by atoms with Crippen molar-refractivity contribution in [1.29, 1.82) is 0 Å². The maximum Gasteiger partial charge on any atom is 0.228 e. The molecule has 0 aliphatic carbocycles. The Morgan fingerprint density at radius 3 is 2.14 bits per heavy atom. The van der Waals surface area contributed by atoms with E-state index in [1.165, 1.54) is 14.2 Å². The average Bonchev–Trinajstić information content (AvgIpc) is 1.65. The molecule has 1 amide bonds. The van der Waals surface area contributed by atoms with E-state index in [1.54, 1.807) is 0 Å². The van der Waals surface area contributed by atoms with E-state index in [0.29, 0.717) is 0 Å². The van der Waals surface area contributed by atoms with Crippen LogP contribution in [-0.4, -0.2) is 20.3 Å². The minimum absolute atomic E-state index is 0. The van der Waals surface area contributed by atoms with Gasteiger partial charge in [-0.3, -0.25) is 4.79 Å². The molecule has 43 valence electrons. The molecule has 7 heavy (non-hydrogen) atoms. The first kappa shape index (κ1) is 10.0. The van der Waals surface area contributed by atoms with Crippen LogP contribution in [-0.2, 0) is 25.2 Å². The van der Waals surface area contributed by atoms with E-state index in [0.717, 1.165) is 0 Å². The summed E-state index contributed by atoms with van der Waals surface area (Å²) in [7, 11) is 2.67. The molecule has 0 atom stereocenters. The van der Waals surface area contributed by atoms with E-state index < -0.39 is 6.09 Å². The summed E-state index contributed by atoms with van der Waals surface area (Å²) in [6, 6.07) is 0. The van der Waals surface area contributed by atoms with E-state index in [4.69, 9.17) is 0 Å². The van der Waals surface area contributed by atoms with Crippen LogP contribution in [0.5, 0.6) is 0 Å². The molecule has 1 radical (unpaired) electrons. The monoisotopic (exact) mass is 275 g/mol. The molecule has 0 spiro atoms. The van der Waals surface area contributed by atoms with Gasteiger partial charge in [-0.1, -0.05) is 0 Å². The molecule has 0 bridgehead atoms. The zero-order valence-electron chi connectivity index (χ0n) is 4.14. The van der Waals surface area contributed by atoms with Crippen molar-refractivity contribution in [3.63, 3.8) is 0 Å². The van der Waals surface area contributed by atoms with E-state index in [9.17, 15) is 4.79 Å². The summed E-state index contributed by atoms with van der Waals surface area (Å²) in [6.07, 6.45) is -0.532. The molecule has 0 unspecified atom stereocenters. The van der Waals surface area contributed by atoms with Crippen LogP contribution >= 0.6 is 0 Å². The van der Waals surface area contributed by atoms with Gasteiger partial charge in [0.15, 0.2) is 0 Å². The van der Waals surface area contributed by atoms with Gasteiger partial charge < -0.3 is 10.1 Å². The topological polar surface area (TPSA) is 40.4 Å². The van der Waals surface area contributed by atoms with Crippen molar-refractivity contribution >= 4 is 6.09 Å². The molecule has 0 aliphatic rings. The Hall–Kier alpha value is -0.0677. The van der Waals surface area contributed by atoms with Crippen molar-refractivity contribution in [2.75, 3.05) is 14.2 Å². The first-order chi connectivity index (χ1) is 2.81. The Labute approximate surface area is 56.1 Å². The van der Waals surface area contributed by atoms with Crippen LogP contribution < -0.4 is 0 Å². The zero-order valence-corrected chi connectivity index (χ0v) is 6.86. The van der Waals surface area contributed by atoms with Gasteiger partial charge in [-0.15, -0.1) is 7.05 Å². The number of carbonyl (C=O) groups excluding carboxylic acids is 1. The fourth-order valence-electron chi connectivity index (χ4n) is 0.0913. The van der Waals surface area contributed by atoms with Gasteiger partial charge in [0.2, 0.25) is 6.09 Å². The van der Waals surface area contributed by atoms with Gasteiger partial charge in [0, 0.05) is 20.4 Å². The number of carbonyl (C=O) groups is 1. The SMILES string of the molecule is C[N-]C(=O)OC.[Re]. The van der Waals surface area contributed by atoms with Crippen LogP contribution in [0.1, 0.15) is 0 Å². The third-order valence-electron chi connectivity index (χ3n) is 0.357. The molecule has 0 aromatic carbocycles. The third-order valence-corrected chi connectivity index (χ3v) is 0.357. The summed E-state index contributed by atoms with van der Waals surface area (Å²) < 4.78 is 4.09. The molecule has 4 heteroatoms. The maximum atomic E-state index is 9.79. The second-order valence-corrected chi connectivity index (χ2v) is 0.694. The Morgan fingerprint density at radius 1 is 1.71 bits per heavy atom. The van der Waals surface area contributed by atoms with E-state index >= 15 is 0 Å². The fourth-order valence-corrected chi connectivity index (χ4v) is 0.0913. The van der Waals surface area contributed by atoms with Crippen molar-refractivity contribution in [2.45, 2.75) is 0 Å². The van der Waals surface area contributed by atoms with Gasteiger partial charge in [-0.05, 0) is 0 Å². The predicted molar refractivity (Wildman–Crippen MR) is 21.7 cm³/mol. The Morgan fingerprint density at radius 2 is 2.14 bits per heavy atom. The average molecular weight is 274 g/mol. The Balaban J connectivity index is 0. The van der Waals surface area contributed by atoms with Gasteiger partial charge in [0.1, 0.15) is 0 Å². The molecule has 0 saturated carbocycles. The molecule has 0 aromatic rings. The van der Waals surface area contributed by atoms with Crippen molar-refractivity contribution in [2.24, 2.45) is 0 Å². The van der Waals surface area contributed by atoms with Gasteiger partial charge in [-0.25, -0.2) is 0 Å². The number of methoxy groups -OCH3 is 1. The third kappa shape index (κ3) is 5.93. The van der Waals surface area contributed by atoms with Gasteiger partial charge in [-0.2, -0.15) is 0 Å². The van der Waals surface area contributed by atoms with E-state index in [2.05, 4.69) is 10.1 Å². The van der Waals surface area contributed by atoms with Gasteiger partial charge in [0.05, 0.1) is 7.11 Å². The van der Waals surface area contributed by atoms with E-state index in [-0.39, 0.29) is 20.4 Å². The van der Waals surface area contributed by atoms with Gasteiger partial charge >= 0.3 is 0 Å². The predicted octanol–water partition coefficient (Wildman–Crippen LogP) is 0.754. The van der Waals surface area contributed by atoms with Crippen molar-refractivity contribution in [1.82, 2.24) is 0 Å². The number of nitrogens with zero attached hydrogens (tertiary/aromatic N) is 1. The van der Waals surface area contributed by atoms with E-state index in [1.807, 2.05) is 0 Å². The van der Waals surface area contributed by atoms with Crippen LogP contribution in [0.25, 0.3) is 5.32 Å². The first-order valence-corrected chi connectivity index (χ1v) is 1.49. The summed E-state index contributed by atoms with van der Waals surface area (Å²) in [5.41, 5.74) is 0. The number of ether oxygens (including phenoxy) is 1. The number of hydrogen-bond donors (Lipinski definition) is 0. The molecule has 3 nitrogen and oxygen atoms in total. The van der Waals surface area contributed by atoms with Crippen molar-refractivity contribution in [3.8, 4) is 0 Å². The van der Waals surface area contributed by atoms with Gasteiger partial charge in [0.25, 0.3) is 0 Å². The molecule has 0 fully saturated rings. The van der Waals surface area contributed by atoms with Crippen LogP contribution in [0.15, 0.2) is 0 Å². The molecule has 0 saturated heterocycles. The second-order valence-electron chi connectivity index (χ2n) is 0.694. The minimum atomic E-state index is -0.532. The molecule has 0 rings (SSSR count). The quantitative estimate of drug-likeness (QED) is 0.654. The van der Waals surface area contributed by atoms with Crippen LogP contribution in [0, 0.1) is 0 Å². The summed E-state index contributed by atoms with van der Waals surface area (Å²) in [6.45, 7) is 0. The molecular formula is C3H6NO2Re-. The van der Waals surface area contributed by atoms with Crippen LogP contribution in [0.4, 0.5) is 4.79 Å². The summed E-state index contributed by atoms with van der Waals surface area (Å²) in [5, 5.41) is 3.15. The maximum absolute atomic E-state index is 9.79. The smallest absolute Gasteiger partial charge is 0.228 e.